The molecule has 0 atom stereocenters. The van der Waals surface area contributed by atoms with E-state index in [1.54, 1.807) is 25.1 Å². The van der Waals surface area contributed by atoms with Crippen molar-refractivity contribution in [2.24, 2.45) is 0 Å². The number of amides is 3. The zero-order valence-electron chi connectivity index (χ0n) is 12.5. The van der Waals surface area contributed by atoms with Crippen molar-refractivity contribution >= 4 is 11.9 Å². The number of nitrogens with zero attached hydrogens (tertiary/aromatic N) is 1. The van der Waals surface area contributed by atoms with Gasteiger partial charge >= 0.3 is 6.03 Å². The van der Waals surface area contributed by atoms with Crippen LogP contribution in [0.1, 0.15) is 21.7 Å². The maximum atomic E-state index is 13.0. The van der Waals surface area contributed by atoms with Crippen LogP contribution in [0.3, 0.4) is 0 Å². The number of hydrogen-bond acceptors (Lipinski definition) is 2. The highest BCUT2D eigenvalue weighted by molar-refractivity contribution is 5.96. The number of hydrazine groups is 1. The molecule has 6 nitrogen and oxygen atoms in total. The number of benzene rings is 1. The summed E-state index contributed by atoms with van der Waals surface area (Å²) in [5.74, 6) is -0.746. The minimum atomic E-state index is -0.513. The first-order valence-corrected chi connectivity index (χ1v) is 6.67. The molecule has 116 valence electrons. The van der Waals surface area contributed by atoms with E-state index in [0.29, 0.717) is 11.3 Å². The van der Waals surface area contributed by atoms with Crippen LogP contribution in [-0.2, 0) is 0 Å². The van der Waals surface area contributed by atoms with Crippen LogP contribution in [0.5, 0.6) is 0 Å². The summed E-state index contributed by atoms with van der Waals surface area (Å²) < 4.78 is 14.9. The van der Waals surface area contributed by atoms with E-state index in [1.807, 2.05) is 11.5 Å². The van der Waals surface area contributed by atoms with E-state index in [0.717, 1.165) is 11.4 Å². The third-order valence-corrected chi connectivity index (χ3v) is 3.28. The highest BCUT2D eigenvalue weighted by Gasteiger charge is 2.17. The zero-order valence-corrected chi connectivity index (χ0v) is 12.5. The number of hydrogen-bond donors (Lipinski definition) is 3. The van der Waals surface area contributed by atoms with E-state index in [2.05, 4.69) is 16.2 Å². The first-order chi connectivity index (χ1) is 10.4. The molecule has 0 radical (unpaired) electrons. The SMILES string of the molecule is CNC(=O)NNC(=O)c1cc(C)n(-c2ccc(F)cc2)c1C. The van der Waals surface area contributed by atoms with Crippen LogP contribution in [-0.4, -0.2) is 23.6 Å². The van der Waals surface area contributed by atoms with E-state index in [9.17, 15) is 14.0 Å². The van der Waals surface area contributed by atoms with Gasteiger partial charge in [-0.05, 0) is 44.2 Å². The third kappa shape index (κ3) is 3.08. The highest BCUT2D eigenvalue weighted by Crippen LogP contribution is 2.20. The first kappa shape index (κ1) is 15.6. The van der Waals surface area contributed by atoms with Gasteiger partial charge in [0, 0.05) is 24.1 Å². The van der Waals surface area contributed by atoms with E-state index in [4.69, 9.17) is 0 Å². The maximum absolute atomic E-state index is 13.0. The topological polar surface area (TPSA) is 75.2 Å². The van der Waals surface area contributed by atoms with Crippen LogP contribution in [0.4, 0.5) is 9.18 Å². The van der Waals surface area contributed by atoms with Crippen LogP contribution >= 0.6 is 0 Å². The summed E-state index contributed by atoms with van der Waals surface area (Å²) in [6.07, 6.45) is 0. The lowest BCUT2D eigenvalue weighted by Crippen LogP contribution is -2.45. The molecule has 0 aliphatic rings. The molecule has 2 rings (SSSR count). The second-order valence-electron chi connectivity index (χ2n) is 4.75. The number of nitrogens with one attached hydrogen (secondary N) is 3. The van der Waals surface area contributed by atoms with Gasteiger partial charge in [0.25, 0.3) is 5.91 Å². The monoisotopic (exact) mass is 304 g/mol. The molecule has 1 heterocycles. The number of aryl methyl sites for hydroxylation is 1. The van der Waals surface area contributed by atoms with Gasteiger partial charge in [-0.3, -0.25) is 10.2 Å². The molecule has 7 heteroatoms. The van der Waals surface area contributed by atoms with Gasteiger partial charge in [0.2, 0.25) is 0 Å². The lowest BCUT2D eigenvalue weighted by molar-refractivity contribution is 0.0936. The van der Waals surface area contributed by atoms with Crippen molar-refractivity contribution < 1.29 is 14.0 Å². The Morgan fingerprint density at radius 3 is 2.32 bits per heavy atom. The number of carbonyl (C=O) groups is 2. The quantitative estimate of drug-likeness (QED) is 0.740. The van der Waals surface area contributed by atoms with Crippen LogP contribution in [0.15, 0.2) is 30.3 Å². The van der Waals surface area contributed by atoms with Crippen LogP contribution in [0, 0.1) is 19.7 Å². The molecule has 0 spiro atoms. The van der Waals surface area contributed by atoms with Crippen molar-refractivity contribution in [3.63, 3.8) is 0 Å². The van der Waals surface area contributed by atoms with Crippen LogP contribution < -0.4 is 16.2 Å². The summed E-state index contributed by atoms with van der Waals surface area (Å²) in [7, 11) is 1.45. The lowest BCUT2D eigenvalue weighted by atomic mass is 10.2. The Kier molecular flexibility index (Phi) is 4.45. The molecule has 0 aliphatic heterocycles. The van der Waals surface area contributed by atoms with E-state index >= 15 is 0 Å². The van der Waals surface area contributed by atoms with E-state index < -0.39 is 11.9 Å². The minimum Gasteiger partial charge on any atom is -0.340 e. The molecule has 0 aliphatic carbocycles. The minimum absolute atomic E-state index is 0.320. The van der Waals surface area contributed by atoms with Crippen molar-refractivity contribution in [2.75, 3.05) is 7.05 Å². The van der Waals surface area contributed by atoms with Crippen LogP contribution in [0.2, 0.25) is 0 Å². The van der Waals surface area contributed by atoms with Gasteiger partial charge in [-0.15, -0.1) is 0 Å². The van der Waals surface area contributed by atoms with Gasteiger partial charge in [0.05, 0.1) is 5.56 Å². The predicted octanol–water partition coefficient (Wildman–Crippen LogP) is 1.81. The summed E-state index contributed by atoms with van der Waals surface area (Å²) in [6.45, 7) is 3.63. The summed E-state index contributed by atoms with van der Waals surface area (Å²) in [6, 6.07) is 7.20. The Morgan fingerprint density at radius 1 is 1.09 bits per heavy atom. The average molecular weight is 304 g/mol. The molecule has 2 aromatic rings. The van der Waals surface area contributed by atoms with Gasteiger partial charge in [-0.25, -0.2) is 14.6 Å². The fourth-order valence-corrected chi connectivity index (χ4v) is 2.22. The standard InChI is InChI=1S/C15H17FN4O2/c1-9-8-13(14(21)18-19-15(22)17-3)10(2)20(9)12-6-4-11(16)5-7-12/h4-8H,1-3H3,(H,18,21)(H2,17,19,22). The summed E-state index contributed by atoms with van der Waals surface area (Å²) >= 11 is 0. The largest absolute Gasteiger partial charge is 0.340 e. The van der Waals surface area contributed by atoms with Crippen LogP contribution in [0.25, 0.3) is 5.69 Å². The molecule has 1 aromatic carbocycles. The van der Waals surface area contributed by atoms with E-state index in [-0.39, 0.29) is 5.82 Å². The summed E-state index contributed by atoms with van der Waals surface area (Å²) in [5.41, 5.74) is 7.25. The average Bonchev–Trinajstić information content (AvgIpc) is 2.80. The van der Waals surface area contributed by atoms with Gasteiger partial charge in [0.15, 0.2) is 0 Å². The summed E-state index contributed by atoms with van der Waals surface area (Å²) in [4.78, 5) is 23.2. The smallest absolute Gasteiger partial charge is 0.333 e. The molecular weight excluding hydrogens is 287 g/mol. The Bertz CT molecular complexity index is 707. The number of urea groups is 1. The molecule has 1 aromatic heterocycles. The number of halogens is 1. The highest BCUT2D eigenvalue weighted by atomic mass is 19.1. The Morgan fingerprint density at radius 2 is 1.73 bits per heavy atom. The fourth-order valence-electron chi connectivity index (χ4n) is 2.22. The first-order valence-electron chi connectivity index (χ1n) is 6.67. The molecule has 0 saturated heterocycles. The van der Waals surface area contributed by atoms with Crippen molar-refractivity contribution in [1.29, 1.82) is 0 Å². The Hall–Kier alpha value is -2.83. The normalized spacial score (nSPS) is 10.2. The maximum Gasteiger partial charge on any atom is 0.333 e. The van der Waals surface area contributed by atoms with Gasteiger partial charge in [-0.2, -0.15) is 0 Å². The fraction of sp³-hybridized carbons (Fsp3) is 0.200. The molecule has 3 amide bonds. The van der Waals surface area contributed by atoms with Crippen molar-refractivity contribution in [2.45, 2.75) is 13.8 Å². The summed E-state index contributed by atoms with van der Waals surface area (Å²) in [5, 5.41) is 2.33. The second kappa shape index (κ2) is 6.30. The molecular formula is C15H17FN4O2. The molecule has 0 fully saturated rings. The molecule has 3 N–H and O–H groups in total. The third-order valence-electron chi connectivity index (χ3n) is 3.28. The van der Waals surface area contributed by atoms with Gasteiger partial charge in [0.1, 0.15) is 5.82 Å². The molecule has 0 bridgehead atoms. The van der Waals surface area contributed by atoms with Gasteiger partial charge in [-0.1, -0.05) is 0 Å². The number of carbonyl (C=O) groups excluding carboxylic acids is 2. The van der Waals surface area contributed by atoms with E-state index in [1.165, 1.54) is 19.2 Å². The number of aromatic nitrogens is 1. The number of rotatable bonds is 2. The lowest BCUT2D eigenvalue weighted by Gasteiger charge is -2.10. The predicted molar refractivity (Wildman–Crippen MR) is 80.3 cm³/mol. The van der Waals surface area contributed by atoms with Gasteiger partial charge < -0.3 is 9.88 Å². The second-order valence-corrected chi connectivity index (χ2v) is 4.75. The Balaban J connectivity index is 2.29. The zero-order chi connectivity index (χ0) is 16.3. The van der Waals surface area contributed by atoms with Crippen molar-refractivity contribution in [1.82, 2.24) is 20.7 Å². The molecule has 0 saturated carbocycles. The Labute approximate surface area is 127 Å². The van der Waals surface area contributed by atoms with Crippen molar-refractivity contribution in [3.05, 3.63) is 53.1 Å². The van der Waals surface area contributed by atoms with Crippen molar-refractivity contribution in [3.8, 4) is 5.69 Å². The molecule has 0 unspecified atom stereocenters. The molecule has 22 heavy (non-hydrogen) atoms.